The molecule has 1 saturated heterocycles. The molecule has 1 heterocycles. The Kier molecular flexibility index (Phi) is 4.76. The van der Waals surface area contributed by atoms with Gasteiger partial charge in [0.1, 0.15) is 5.75 Å². The molecular weight excluding hydrogens is 244 g/mol. The van der Waals surface area contributed by atoms with Gasteiger partial charge in [0.15, 0.2) is 0 Å². The Labute approximate surface area is 113 Å². The first-order valence-corrected chi connectivity index (χ1v) is 6.60. The minimum Gasteiger partial charge on any atom is -0.508 e. The molecule has 5 heteroatoms. The number of nitrogens with one attached hydrogen (secondary N) is 1. The molecule has 1 fully saturated rings. The summed E-state index contributed by atoms with van der Waals surface area (Å²) >= 11 is 0. The third-order valence-corrected chi connectivity index (χ3v) is 3.27. The van der Waals surface area contributed by atoms with E-state index < -0.39 is 0 Å². The summed E-state index contributed by atoms with van der Waals surface area (Å²) in [6.45, 7) is 6.11. The van der Waals surface area contributed by atoms with Crippen LogP contribution in [0.15, 0.2) is 24.3 Å². The van der Waals surface area contributed by atoms with E-state index in [1.165, 1.54) is 6.07 Å². The molecule has 19 heavy (non-hydrogen) atoms. The second-order valence-electron chi connectivity index (χ2n) is 4.65. The van der Waals surface area contributed by atoms with Crippen molar-refractivity contribution in [2.24, 2.45) is 0 Å². The highest BCUT2D eigenvalue weighted by atomic mass is 16.5. The van der Waals surface area contributed by atoms with Crippen molar-refractivity contribution in [1.29, 1.82) is 0 Å². The molecule has 0 radical (unpaired) electrons. The zero-order chi connectivity index (χ0) is 13.7. The van der Waals surface area contributed by atoms with E-state index in [0.717, 1.165) is 19.6 Å². The first-order chi connectivity index (χ1) is 9.19. The Bertz CT molecular complexity index is 436. The lowest BCUT2D eigenvalue weighted by molar-refractivity contribution is -0.0246. The number of morpholine rings is 1. The van der Waals surface area contributed by atoms with E-state index in [-0.39, 0.29) is 17.8 Å². The number of aromatic hydroxyl groups is 1. The molecule has 1 aromatic carbocycles. The molecule has 104 valence electrons. The molecule has 2 N–H and O–H groups in total. The molecule has 5 nitrogen and oxygen atoms in total. The van der Waals surface area contributed by atoms with Gasteiger partial charge in [-0.25, -0.2) is 0 Å². The van der Waals surface area contributed by atoms with E-state index >= 15 is 0 Å². The molecule has 2 rings (SSSR count). The molecular formula is C14H20N2O3. The van der Waals surface area contributed by atoms with Crippen LogP contribution in [0, 0.1) is 0 Å². The van der Waals surface area contributed by atoms with E-state index in [4.69, 9.17) is 4.74 Å². The van der Waals surface area contributed by atoms with Gasteiger partial charge >= 0.3 is 0 Å². The van der Waals surface area contributed by atoms with Crippen LogP contribution in [-0.4, -0.2) is 54.8 Å². The SMILES string of the molecule is CCN1CCOC(CNC(=O)c2cccc(O)c2)C1. The minimum absolute atomic E-state index is 0.0370. The van der Waals surface area contributed by atoms with Gasteiger partial charge in [0.05, 0.1) is 12.7 Å². The quantitative estimate of drug-likeness (QED) is 0.846. The average molecular weight is 264 g/mol. The lowest BCUT2D eigenvalue weighted by Gasteiger charge is -2.32. The van der Waals surface area contributed by atoms with Crippen LogP contribution in [0.1, 0.15) is 17.3 Å². The van der Waals surface area contributed by atoms with Gasteiger partial charge in [-0.3, -0.25) is 9.69 Å². The Hall–Kier alpha value is -1.59. The van der Waals surface area contributed by atoms with Gasteiger partial charge in [-0.1, -0.05) is 13.0 Å². The van der Waals surface area contributed by atoms with Crippen LogP contribution in [0.25, 0.3) is 0 Å². The summed E-state index contributed by atoms with van der Waals surface area (Å²) in [5.41, 5.74) is 0.461. The summed E-state index contributed by atoms with van der Waals surface area (Å²) in [5.74, 6) is -0.0909. The van der Waals surface area contributed by atoms with Crippen molar-refractivity contribution in [3.05, 3.63) is 29.8 Å². The molecule has 0 bridgehead atoms. The number of phenols is 1. The third kappa shape index (κ3) is 3.94. The Morgan fingerprint density at radius 1 is 1.58 bits per heavy atom. The number of carbonyl (C=O) groups is 1. The average Bonchev–Trinajstić information content (AvgIpc) is 2.45. The van der Waals surface area contributed by atoms with Crippen LogP contribution in [-0.2, 0) is 4.74 Å². The van der Waals surface area contributed by atoms with E-state index in [9.17, 15) is 9.90 Å². The predicted molar refractivity (Wildman–Crippen MR) is 72.3 cm³/mol. The topological polar surface area (TPSA) is 61.8 Å². The van der Waals surface area contributed by atoms with Crippen molar-refractivity contribution in [2.75, 3.05) is 32.8 Å². The number of likely N-dealkylation sites (N-methyl/N-ethyl adjacent to an activating group) is 1. The van der Waals surface area contributed by atoms with Gasteiger partial charge in [-0.15, -0.1) is 0 Å². The fraction of sp³-hybridized carbons (Fsp3) is 0.500. The maximum atomic E-state index is 11.9. The van der Waals surface area contributed by atoms with Gasteiger partial charge in [0, 0.05) is 25.2 Å². The number of nitrogens with zero attached hydrogens (tertiary/aromatic N) is 1. The number of benzene rings is 1. The molecule has 1 aromatic rings. The molecule has 0 aromatic heterocycles. The van der Waals surface area contributed by atoms with Crippen LogP contribution < -0.4 is 5.32 Å². The number of ether oxygens (including phenoxy) is 1. The van der Waals surface area contributed by atoms with E-state index in [0.29, 0.717) is 18.7 Å². The molecule has 1 amide bonds. The summed E-state index contributed by atoms with van der Waals surface area (Å²) in [7, 11) is 0. The summed E-state index contributed by atoms with van der Waals surface area (Å²) < 4.78 is 5.61. The first-order valence-electron chi connectivity index (χ1n) is 6.60. The summed E-state index contributed by atoms with van der Waals surface area (Å²) in [6.07, 6.45) is 0.0370. The van der Waals surface area contributed by atoms with E-state index in [1.54, 1.807) is 18.2 Å². The van der Waals surface area contributed by atoms with Gasteiger partial charge in [-0.2, -0.15) is 0 Å². The lowest BCUT2D eigenvalue weighted by atomic mass is 10.2. The highest BCUT2D eigenvalue weighted by molar-refractivity contribution is 5.94. The second kappa shape index (κ2) is 6.54. The van der Waals surface area contributed by atoms with Gasteiger partial charge in [-0.05, 0) is 24.7 Å². The van der Waals surface area contributed by atoms with Crippen molar-refractivity contribution in [1.82, 2.24) is 10.2 Å². The van der Waals surface area contributed by atoms with Crippen molar-refractivity contribution in [3.8, 4) is 5.75 Å². The van der Waals surface area contributed by atoms with Gasteiger partial charge < -0.3 is 15.2 Å². The Balaban J connectivity index is 1.83. The third-order valence-electron chi connectivity index (χ3n) is 3.27. The number of phenolic OH excluding ortho intramolecular Hbond substituents is 1. The standard InChI is InChI=1S/C14H20N2O3/c1-2-16-6-7-19-13(10-16)9-15-14(18)11-4-3-5-12(17)8-11/h3-5,8,13,17H,2,6-7,9-10H2,1H3,(H,15,18). The largest absolute Gasteiger partial charge is 0.508 e. The van der Waals surface area contributed by atoms with Crippen LogP contribution in [0.5, 0.6) is 5.75 Å². The maximum absolute atomic E-state index is 11.9. The first kappa shape index (κ1) is 13.8. The van der Waals surface area contributed by atoms with Crippen LogP contribution in [0.3, 0.4) is 0 Å². The predicted octanol–water partition coefficient (Wildman–Crippen LogP) is 0.843. The number of amides is 1. The van der Waals surface area contributed by atoms with Crippen molar-refractivity contribution >= 4 is 5.91 Å². The Morgan fingerprint density at radius 3 is 3.16 bits per heavy atom. The van der Waals surface area contributed by atoms with Gasteiger partial charge in [0.25, 0.3) is 5.91 Å². The molecule has 0 saturated carbocycles. The number of hydrogen-bond donors (Lipinski definition) is 2. The zero-order valence-corrected chi connectivity index (χ0v) is 11.1. The molecule has 1 aliphatic heterocycles. The summed E-state index contributed by atoms with van der Waals surface area (Å²) in [5, 5.41) is 12.2. The molecule has 1 aliphatic rings. The highest BCUT2D eigenvalue weighted by Gasteiger charge is 2.19. The zero-order valence-electron chi connectivity index (χ0n) is 11.1. The minimum atomic E-state index is -0.187. The smallest absolute Gasteiger partial charge is 0.251 e. The van der Waals surface area contributed by atoms with Crippen molar-refractivity contribution in [2.45, 2.75) is 13.0 Å². The fourth-order valence-corrected chi connectivity index (χ4v) is 2.15. The van der Waals surface area contributed by atoms with Gasteiger partial charge in [0.2, 0.25) is 0 Å². The maximum Gasteiger partial charge on any atom is 0.251 e. The summed E-state index contributed by atoms with van der Waals surface area (Å²) in [6, 6.07) is 6.32. The Morgan fingerprint density at radius 2 is 2.42 bits per heavy atom. The van der Waals surface area contributed by atoms with E-state index in [2.05, 4.69) is 17.1 Å². The monoisotopic (exact) mass is 264 g/mol. The number of carbonyl (C=O) groups excluding carboxylic acids is 1. The lowest BCUT2D eigenvalue weighted by Crippen LogP contribution is -2.47. The van der Waals surface area contributed by atoms with Crippen molar-refractivity contribution in [3.63, 3.8) is 0 Å². The van der Waals surface area contributed by atoms with Crippen LogP contribution >= 0.6 is 0 Å². The van der Waals surface area contributed by atoms with Crippen LogP contribution in [0.4, 0.5) is 0 Å². The molecule has 1 unspecified atom stereocenters. The second-order valence-corrected chi connectivity index (χ2v) is 4.65. The van der Waals surface area contributed by atoms with E-state index in [1.807, 2.05) is 0 Å². The number of hydrogen-bond acceptors (Lipinski definition) is 4. The fourth-order valence-electron chi connectivity index (χ4n) is 2.15. The molecule has 0 aliphatic carbocycles. The van der Waals surface area contributed by atoms with Crippen LogP contribution in [0.2, 0.25) is 0 Å². The molecule has 0 spiro atoms. The highest BCUT2D eigenvalue weighted by Crippen LogP contribution is 2.11. The normalized spacial score (nSPS) is 20.2. The number of rotatable bonds is 4. The summed E-state index contributed by atoms with van der Waals surface area (Å²) in [4.78, 5) is 14.2. The molecule has 1 atom stereocenters. The van der Waals surface area contributed by atoms with Crippen molar-refractivity contribution < 1.29 is 14.6 Å².